The summed E-state index contributed by atoms with van der Waals surface area (Å²) in [6.07, 6.45) is 3.27. The fourth-order valence-electron chi connectivity index (χ4n) is 2.84. The molecular weight excluding hydrogens is 420 g/mol. The summed E-state index contributed by atoms with van der Waals surface area (Å²) in [6, 6.07) is 24.4. The van der Waals surface area contributed by atoms with Gasteiger partial charge < -0.3 is 15.4 Å². The Bertz CT molecular complexity index is 1050. The number of amides is 2. The minimum Gasteiger partial charge on any atom is -0.494 e. The largest absolute Gasteiger partial charge is 0.494 e. The van der Waals surface area contributed by atoms with Gasteiger partial charge in [-0.25, -0.2) is 0 Å². The Balaban J connectivity index is 1.49. The lowest BCUT2D eigenvalue weighted by molar-refractivity contribution is -0.115. The molecule has 164 valence electrons. The molecule has 0 aliphatic heterocycles. The first kappa shape index (κ1) is 23.2. The molecule has 3 aromatic rings. The second-order valence-electron chi connectivity index (χ2n) is 6.96. The quantitative estimate of drug-likeness (QED) is 0.319. The maximum absolute atomic E-state index is 12.5. The van der Waals surface area contributed by atoms with Crippen LogP contribution in [0.2, 0.25) is 0 Å². The van der Waals surface area contributed by atoms with Crippen molar-refractivity contribution in [2.75, 3.05) is 17.2 Å². The van der Waals surface area contributed by atoms with Crippen LogP contribution < -0.4 is 15.4 Å². The predicted molar refractivity (Wildman–Crippen MR) is 132 cm³/mol. The Labute approximate surface area is 192 Å². The fraction of sp³-hybridized carbons (Fsp3) is 0.154. The highest BCUT2D eigenvalue weighted by Crippen LogP contribution is 2.26. The number of rotatable bonds is 9. The number of carbonyl (C=O) groups excluding carboxylic acids is 2. The zero-order valence-electron chi connectivity index (χ0n) is 18.1. The molecule has 0 spiro atoms. The molecule has 0 saturated heterocycles. The van der Waals surface area contributed by atoms with Crippen molar-refractivity contribution < 1.29 is 14.3 Å². The summed E-state index contributed by atoms with van der Waals surface area (Å²) in [5.41, 5.74) is 2.39. The molecule has 32 heavy (non-hydrogen) atoms. The average molecular weight is 447 g/mol. The Morgan fingerprint density at radius 2 is 1.53 bits per heavy atom. The van der Waals surface area contributed by atoms with E-state index in [2.05, 4.69) is 10.6 Å². The number of hydrogen-bond acceptors (Lipinski definition) is 4. The SMILES string of the molecule is CCOc1ccc(NC(=O)C(C)Sc2ccc(NC(=O)/C=C/c3ccccc3)cc2)cc1. The van der Waals surface area contributed by atoms with Gasteiger partial charge in [0, 0.05) is 22.3 Å². The molecule has 0 aliphatic rings. The summed E-state index contributed by atoms with van der Waals surface area (Å²) in [5.74, 6) is 0.496. The molecule has 1 unspecified atom stereocenters. The molecule has 0 aliphatic carbocycles. The van der Waals surface area contributed by atoms with Crippen molar-refractivity contribution in [3.05, 3.63) is 90.5 Å². The molecule has 1 atom stereocenters. The van der Waals surface area contributed by atoms with Crippen molar-refractivity contribution in [1.29, 1.82) is 0 Å². The Kier molecular flexibility index (Phi) is 8.52. The maximum atomic E-state index is 12.5. The number of carbonyl (C=O) groups is 2. The van der Waals surface area contributed by atoms with Gasteiger partial charge in [-0.3, -0.25) is 9.59 Å². The lowest BCUT2D eigenvalue weighted by Crippen LogP contribution is -2.22. The van der Waals surface area contributed by atoms with E-state index >= 15 is 0 Å². The van der Waals surface area contributed by atoms with Gasteiger partial charge in [0.1, 0.15) is 5.75 Å². The lowest BCUT2D eigenvalue weighted by atomic mass is 10.2. The normalized spacial score (nSPS) is 11.7. The molecule has 5 nitrogen and oxygen atoms in total. The van der Waals surface area contributed by atoms with Gasteiger partial charge in [0.25, 0.3) is 0 Å². The summed E-state index contributed by atoms with van der Waals surface area (Å²) in [6.45, 7) is 4.39. The van der Waals surface area contributed by atoms with E-state index in [-0.39, 0.29) is 17.1 Å². The van der Waals surface area contributed by atoms with Crippen LogP contribution in [0.3, 0.4) is 0 Å². The zero-order valence-corrected chi connectivity index (χ0v) is 18.9. The molecule has 0 bridgehead atoms. The highest BCUT2D eigenvalue weighted by Gasteiger charge is 2.14. The van der Waals surface area contributed by atoms with Crippen molar-refractivity contribution >= 4 is 41.0 Å². The number of nitrogens with one attached hydrogen (secondary N) is 2. The molecule has 2 N–H and O–H groups in total. The molecule has 2 amide bonds. The zero-order chi connectivity index (χ0) is 22.8. The minimum atomic E-state index is -0.282. The van der Waals surface area contributed by atoms with E-state index < -0.39 is 0 Å². The summed E-state index contributed by atoms with van der Waals surface area (Å²) >= 11 is 1.45. The van der Waals surface area contributed by atoms with Crippen LogP contribution in [0.5, 0.6) is 5.75 Å². The van der Waals surface area contributed by atoms with E-state index in [9.17, 15) is 9.59 Å². The highest BCUT2D eigenvalue weighted by molar-refractivity contribution is 8.00. The molecule has 0 radical (unpaired) electrons. The van der Waals surface area contributed by atoms with Crippen LogP contribution in [0.1, 0.15) is 19.4 Å². The van der Waals surface area contributed by atoms with E-state index in [4.69, 9.17) is 4.74 Å². The second-order valence-corrected chi connectivity index (χ2v) is 8.38. The summed E-state index contributed by atoms with van der Waals surface area (Å²) < 4.78 is 5.41. The Morgan fingerprint density at radius 3 is 2.19 bits per heavy atom. The molecular formula is C26H26N2O3S. The summed E-state index contributed by atoms with van der Waals surface area (Å²) in [5, 5.41) is 5.47. The van der Waals surface area contributed by atoms with Gasteiger partial charge >= 0.3 is 0 Å². The topological polar surface area (TPSA) is 67.4 Å². The molecule has 0 fully saturated rings. The van der Waals surface area contributed by atoms with Crippen LogP contribution >= 0.6 is 11.8 Å². The van der Waals surface area contributed by atoms with Gasteiger partial charge in [0.15, 0.2) is 0 Å². The lowest BCUT2D eigenvalue weighted by Gasteiger charge is -2.13. The third kappa shape index (κ3) is 7.32. The smallest absolute Gasteiger partial charge is 0.248 e. The summed E-state index contributed by atoms with van der Waals surface area (Å²) in [4.78, 5) is 25.5. The van der Waals surface area contributed by atoms with E-state index in [0.717, 1.165) is 21.9 Å². The van der Waals surface area contributed by atoms with Crippen molar-refractivity contribution in [2.45, 2.75) is 24.0 Å². The average Bonchev–Trinajstić information content (AvgIpc) is 2.81. The first-order valence-electron chi connectivity index (χ1n) is 10.4. The number of anilines is 2. The second kappa shape index (κ2) is 11.8. The number of benzene rings is 3. The van der Waals surface area contributed by atoms with Crippen LogP contribution in [-0.2, 0) is 9.59 Å². The first-order valence-corrected chi connectivity index (χ1v) is 11.3. The summed E-state index contributed by atoms with van der Waals surface area (Å²) in [7, 11) is 0. The van der Waals surface area contributed by atoms with Crippen molar-refractivity contribution in [3.63, 3.8) is 0 Å². The standard InChI is InChI=1S/C26H26N2O3S/c1-3-31-23-14-10-22(11-15-23)28-26(30)19(2)32-24-16-12-21(13-17-24)27-25(29)18-9-20-7-5-4-6-8-20/h4-19H,3H2,1-2H3,(H,27,29)(H,28,30)/b18-9+. The first-order chi connectivity index (χ1) is 15.5. The van der Waals surface area contributed by atoms with E-state index in [1.54, 1.807) is 6.08 Å². The molecule has 0 saturated carbocycles. The fourth-order valence-corrected chi connectivity index (χ4v) is 3.71. The predicted octanol–water partition coefficient (Wildman–Crippen LogP) is 5.86. The van der Waals surface area contributed by atoms with Gasteiger partial charge in [-0.2, -0.15) is 0 Å². The van der Waals surface area contributed by atoms with Crippen LogP contribution in [-0.4, -0.2) is 23.7 Å². The molecule has 3 rings (SSSR count). The van der Waals surface area contributed by atoms with Gasteiger partial charge in [-0.1, -0.05) is 30.3 Å². The third-order valence-corrected chi connectivity index (χ3v) is 5.58. The van der Waals surface area contributed by atoms with Crippen LogP contribution in [0.25, 0.3) is 6.08 Å². The monoisotopic (exact) mass is 446 g/mol. The van der Waals surface area contributed by atoms with Crippen molar-refractivity contribution in [3.8, 4) is 5.75 Å². The Hall–Kier alpha value is -3.51. The Morgan fingerprint density at radius 1 is 0.906 bits per heavy atom. The van der Waals surface area contributed by atoms with E-state index in [1.807, 2.05) is 92.7 Å². The van der Waals surface area contributed by atoms with Crippen LogP contribution in [0, 0.1) is 0 Å². The number of ether oxygens (including phenoxy) is 1. The van der Waals surface area contributed by atoms with E-state index in [0.29, 0.717) is 12.3 Å². The van der Waals surface area contributed by atoms with Crippen molar-refractivity contribution in [1.82, 2.24) is 0 Å². The van der Waals surface area contributed by atoms with Crippen LogP contribution in [0.15, 0.2) is 89.8 Å². The maximum Gasteiger partial charge on any atom is 0.248 e. The van der Waals surface area contributed by atoms with E-state index in [1.165, 1.54) is 17.8 Å². The third-order valence-electron chi connectivity index (χ3n) is 4.46. The minimum absolute atomic E-state index is 0.0809. The van der Waals surface area contributed by atoms with Gasteiger partial charge in [0.05, 0.1) is 11.9 Å². The molecule has 0 heterocycles. The van der Waals surface area contributed by atoms with Gasteiger partial charge in [-0.05, 0) is 74.0 Å². The molecule has 6 heteroatoms. The molecule has 0 aromatic heterocycles. The number of thioether (sulfide) groups is 1. The number of hydrogen-bond donors (Lipinski definition) is 2. The van der Waals surface area contributed by atoms with Gasteiger partial charge in [0.2, 0.25) is 11.8 Å². The van der Waals surface area contributed by atoms with Crippen molar-refractivity contribution in [2.24, 2.45) is 0 Å². The highest BCUT2D eigenvalue weighted by atomic mass is 32.2. The molecule has 3 aromatic carbocycles. The van der Waals surface area contributed by atoms with Crippen LogP contribution in [0.4, 0.5) is 11.4 Å². The van der Waals surface area contributed by atoms with Gasteiger partial charge in [-0.15, -0.1) is 11.8 Å².